The summed E-state index contributed by atoms with van der Waals surface area (Å²) in [6.45, 7) is 0. The zero-order valence-corrected chi connectivity index (χ0v) is 10.6. The third-order valence-corrected chi connectivity index (χ3v) is 4.51. The second kappa shape index (κ2) is 5.07. The van der Waals surface area contributed by atoms with Gasteiger partial charge >= 0.3 is 5.97 Å². The fourth-order valence-corrected chi connectivity index (χ4v) is 3.19. The van der Waals surface area contributed by atoms with Crippen molar-refractivity contribution in [3.63, 3.8) is 0 Å². The van der Waals surface area contributed by atoms with Gasteiger partial charge in [0.15, 0.2) is 0 Å². The molecule has 1 aromatic rings. The van der Waals surface area contributed by atoms with Crippen LogP contribution in [0.4, 0.5) is 0 Å². The molecule has 0 saturated heterocycles. The van der Waals surface area contributed by atoms with Gasteiger partial charge in [0.25, 0.3) is 0 Å². The molecule has 18 heavy (non-hydrogen) atoms. The molecule has 2 rings (SSSR count). The van der Waals surface area contributed by atoms with Gasteiger partial charge in [0.05, 0.1) is 11.3 Å². The predicted octanol–water partition coefficient (Wildman–Crippen LogP) is 1.14. The molecule has 0 heterocycles. The summed E-state index contributed by atoms with van der Waals surface area (Å²) in [6, 6.07) is 6.09. The van der Waals surface area contributed by atoms with E-state index in [1.807, 2.05) is 0 Å². The summed E-state index contributed by atoms with van der Waals surface area (Å²) in [5, 5.41) is 8.69. The Hall–Kier alpha value is -1.40. The van der Waals surface area contributed by atoms with Gasteiger partial charge in [-0.05, 0) is 30.5 Å². The van der Waals surface area contributed by atoms with Crippen LogP contribution in [0.5, 0.6) is 0 Å². The number of aliphatic carboxylic acids is 1. The van der Waals surface area contributed by atoms with Crippen LogP contribution in [-0.2, 0) is 21.2 Å². The Bertz CT molecular complexity index is 549. The van der Waals surface area contributed by atoms with E-state index in [1.165, 1.54) is 12.1 Å². The van der Waals surface area contributed by atoms with Crippen LogP contribution in [0, 0.1) is 0 Å². The molecule has 1 aliphatic carbocycles. The number of carboxylic acid groups (broad SMARTS) is 1. The lowest BCUT2D eigenvalue weighted by molar-refractivity contribution is -0.136. The van der Waals surface area contributed by atoms with Crippen LogP contribution in [0.3, 0.4) is 0 Å². The number of rotatable bonds is 5. The standard InChI is InChI=1S/C12H15NO4S/c14-12(15)8-9-3-1-6-11(7-9)18(16,17)13-10-4-2-5-10/h1,3,6-7,10,13H,2,4-5,8H2,(H,14,15). The van der Waals surface area contributed by atoms with Crippen LogP contribution in [-0.4, -0.2) is 25.5 Å². The molecule has 0 aliphatic heterocycles. The molecule has 2 N–H and O–H groups in total. The Morgan fingerprint density at radius 3 is 2.67 bits per heavy atom. The largest absolute Gasteiger partial charge is 0.481 e. The summed E-state index contributed by atoms with van der Waals surface area (Å²) in [5.74, 6) is -0.975. The van der Waals surface area contributed by atoms with Crippen LogP contribution in [0.2, 0.25) is 0 Å². The van der Waals surface area contributed by atoms with Crippen LogP contribution >= 0.6 is 0 Å². The fraction of sp³-hybridized carbons (Fsp3) is 0.417. The van der Waals surface area contributed by atoms with Gasteiger partial charge < -0.3 is 5.11 Å². The second-order valence-corrected chi connectivity index (χ2v) is 6.18. The van der Waals surface area contributed by atoms with Crippen molar-refractivity contribution in [2.45, 2.75) is 36.6 Å². The van der Waals surface area contributed by atoms with E-state index >= 15 is 0 Å². The Morgan fingerprint density at radius 2 is 2.11 bits per heavy atom. The van der Waals surface area contributed by atoms with Crippen molar-refractivity contribution in [2.75, 3.05) is 0 Å². The molecule has 98 valence electrons. The SMILES string of the molecule is O=C(O)Cc1cccc(S(=O)(=O)NC2CCC2)c1. The van der Waals surface area contributed by atoms with E-state index in [4.69, 9.17) is 5.11 Å². The topological polar surface area (TPSA) is 83.5 Å². The lowest BCUT2D eigenvalue weighted by atomic mass is 9.94. The van der Waals surface area contributed by atoms with E-state index in [2.05, 4.69) is 4.72 Å². The van der Waals surface area contributed by atoms with Gasteiger partial charge in [0.2, 0.25) is 10.0 Å². The maximum atomic E-state index is 12.0. The Balaban J connectivity index is 2.18. The highest BCUT2D eigenvalue weighted by molar-refractivity contribution is 7.89. The molecule has 0 radical (unpaired) electrons. The maximum Gasteiger partial charge on any atom is 0.307 e. The summed E-state index contributed by atoms with van der Waals surface area (Å²) >= 11 is 0. The molecule has 1 aliphatic rings. The summed E-state index contributed by atoms with van der Waals surface area (Å²) < 4.78 is 26.6. The van der Waals surface area contributed by atoms with E-state index in [9.17, 15) is 13.2 Å². The zero-order valence-electron chi connectivity index (χ0n) is 9.80. The minimum Gasteiger partial charge on any atom is -0.481 e. The summed E-state index contributed by atoms with van der Waals surface area (Å²) in [6.07, 6.45) is 2.61. The number of nitrogens with one attached hydrogen (secondary N) is 1. The van der Waals surface area contributed by atoms with Crippen LogP contribution < -0.4 is 4.72 Å². The number of benzene rings is 1. The van der Waals surface area contributed by atoms with Gasteiger partial charge in [-0.3, -0.25) is 4.79 Å². The molecule has 0 spiro atoms. The van der Waals surface area contributed by atoms with E-state index in [-0.39, 0.29) is 17.4 Å². The number of hydrogen-bond acceptors (Lipinski definition) is 3. The van der Waals surface area contributed by atoms with E-state index < -0.39 is 16.0 Å². The van der Waals surface area contributed by atoms with E-state index in [0.717, 1.165) is 19.3 Å². The third-order valence-electron chi connectivity index (χ3n) is 2.99. The molecule has 1 saturated carbocycles. The molecular weight excluding hydrogens is 254 g/mol. The predicted molar refractivity (Wildman–Crippen MR) is 65.7 cm³/mol. The van der Waals surface area contributed by atoms with E-state index in [1.54, 1.807) is 12.1 Å². The highest BCUT2D eigenvalue weighted by Gasteiger charge is 2.24. The van der Waals surface area contributed by atoms with Crippen LogP contribution in [0.1, 0.15) is 24.8 Å². The first-order valence-corrected chi connectivity index (χ1v) is 7.29. The molecule has 6 heteroatoms. The first kappa shape index (κ1) is 13.0. The van der Waals surface area contributed by atoms with Gasteiger partial charge in [0, 0.05) is 6.04 Å². The maximum absolute atomic E-state index is 12.0. The minimum atomic E-state index is -3.52. The molecule has 1 aromatic carbocycles. The van der Waals surface area contributed by atoms with Crippen molar-refractivity contribution >= 4 is 16.0 Å². The van der Waals surface area contributed by atoms with Crippen molar-refractivity contribution in [3.05, 3.63) is 29.8 Å². The van der Waals surface area contributed by atoms with Gasteiger partial charge in [-0.1, -0.05) is 18.6 Å². The molecule has 5 nitrogen and oxygen atoms in total. The van der Waals surface area contributed by atoms with Crippen molar-refractivity contribution in [1.29, 1.82) is 0 Å². The van der Waals surface area contributed by atoms with Crippen LogP contribution in [0.15, 0.2) is 29.2 Å². The lowest BCUT2D eigenvalue weighted by Crippen LogP contribution is -2.39. The average Bonchev–Trinajstić information content (AvgIpc) is 2.23. The fourth-order valence-electron chi connectivity index (χ4n) is 1.81. The summed E-state index contributed by atoms with van der Waals surface area (Å²) in [7, 11) is -3.52. The normalized spacial score (nSPS) is 16.2. The van der Waals surface area contributed by atoms with Gasteiger partial charge in [-0.15, -0.1) is 0 Å². The molecule has 0 atom stereocenters. The molecule has 0 unspecified atom stereocenters. The zero-order chi connectivity index (χ0) is 13.2. The Morgan fingerprint density at radius 1 is 1.39 bits per heavy atom. The Kier molecular flexibility index (Phi) is 3.68. The monoisotopic (exact) mass is 269 g/mol. The lowest BCUT2D eigenvalue weighted by Gasteiger charge is -2.26. The number of carbonyl (C=O) groups is 1. The molecular formula is C12H15NO4S. The first-order valence-electron chi connectivity index (χ1n) is 5.80. The number of hydrogen-bond donors (Lipinski definition) is 2. The minimum absolute atomic E-state index is 0.0260. The van der Waals surface area contributed by atoms with Crippen LogP contribution in [0.25, 0.3) is 0 Å². The van der Waals surface area contributed by atoms with Gasteiger partial charge in [-0.25, -0.2) is 13.1 Å². The molecule has 0 amide bonds. The van der Waals surface area contributed by atoms with Crippen molar-refractivity contribution in [3.8, 4) is 0 Å². The Labute approximate surface area is 106 Å². The second-order valence-electron chi connectivity index (χ2n) is 4.47. The highest BCUT2D eigenvalue weighted by Crippen LogP contribution is 2.21. The van der Waals surface area contributed by atoms with Gasteiger partial charge in [-0.2, -0.15) is 0 Å². The summed E-state index contributed by atoms with van der Waals surface area (Å²) in [4.78, 5) is 10.7. The molecule has 0 bridgehead atoms. The summed E-state index contributed by atoms with van der Waals surface area (Å²) in [5.41, 5.74) is 0.485. The molecule has 1 fully saturated rings. The quantitative estimate of drug-likeness (QED) is 0.839. The third kappa shape index (κ3) is 3.08. The van der Waals surface area contributed by atoms with Crippen molar-refractivity contribution < 1.29 is 18.3 Å². The number of sulfonamides is 1. The molecule has 0 aromatic heterocycles. The van der Waals surface area contributed by atoms with Gasteiger partial charge in [0.1, 0.15) is 0 Å². The highest BCUT2D eigenvalue weighted by atomic mass is 32.2. The van der Waals surface area contributed by atoms with E-state index in [0.29, 0.717) is 5.56 Å². The average molecular weight is 269 g/mol. The van der Waals surface area contributed by atoms with Crippen molar-refractivity contribution in [1.82, 2.24) is 4.72 Å². The number of carboxylic acids is 1. The van der Waals surface area contributed by atoms with Crippen molar-refractivity contribution in [2.24, 2.45) is 0 Å². The smallest absolute Gasteiger partial charge is 0.307 e. The first-order chi connectivity index (χ1) is 8.47.